The molecule has 0 bridgehead atoms. The zero-order valence-corrected chi connectivity index (χ0v) is 10.2. The molecule has 0 aromatic heterocycles. The molecule has 0 aliphatic rings. The average molecular weight is 245 g/mol. The minimum Gasteiger partial charge on any atom is -0.294 e. The Kier molecular flexibility index (Phi) is 5.13. The van der Waals surface area contributed by atoms with Crippen LogP contribution in [0.15, 0.2) is 18.2 Å². The Bertz CT molecular complexity index is 347. The van der Waals surface area contributed by atoms with Crippen molar-refractivity contribution in [1.82, 2.24) is 0 Å². The number of benzene rings is 1. The second-order valence-electron chi connectivity index (χ2n) is 3.51. The third-order valence-corrected chi connectivity index (χ3v) is 3.05. The van der Waals surface area contributed by atoms with Crippen LogP contribution in [-0.2, 0) is 0 Å². The Labute approximate surface area is 100 Å². The molecule has 82 valence electrons. The number of unbranched alkanes of at least 4 members (excludes halogenated alkanes) is 1. The van der Waals surface area contributed by atoms with Crippen LogP contribution in [0, 0.1) is 6.92 Å². The van der Waals surface area contributed by atoms with E-state index in [-0.39, 0.29) is 5.78 Å². The highest BCUT2D eigenvalue weighted by molar-refractivity contribution is 6.34. The number of halogens is 2. The van der Waals surface area contributed by atoms with Crippen LogP contribution in [0.1, 0.15) is 35.2 Å². The van der Waals surface area contributed by atoms with Gasteiger partial charge in [0.1, 0.15) is 0 Å². The molecule has 0 radical (unpaired) electrons. The summed E-state index contributed by atoms with van der Waals surface area (Å²) in [4.78, 5) is 11.8. The molecule has 0 spiro atoms. The van der Waals surface area contributed by atoms with Crippen molar-refractivity contribution >= 4 is 29.0 Å². The van der Waals surface area contributed by atoms with Gasteiger partial charge < -0.3 is 0 Å². The van der Waals surface area contributed by atoms with Crippen molar-refractivity contribution < 1.29 is 4.79 Å². The molecule has 0 saturated carbocycles. The second kappa shape index (κ2) is 6.14. The van der Waals surface area contributed by atoms with Crippen LogP contribution in [-0.4, -0.2) is 11.7 Å². The van der Waals surface area contributed by atoms with Crippen molar-refractivity contribution in [3.63, 3.8) is 0 Å². The number of hydrogen-bond donors (Lipinski definition) is 0. The van der Waals surface area contributed by atoms with Gasteiger partial charge in [-0.05, 0) is 31.4 Å². The van der Waals surface area contributed by atoms with Crippen LogP contribution in [0.5, 0.6) is 0 Å². The first kappa shape index (κ1) is 12.5. The number of carbonyl (C=O) groups excluding carboxylic acids is 1. The molecule has 0 fully saturated rings. The van der Waals surface area contributed by atoms with Crippen LogP contribution in [0.2, 0.25) is 5.02 Å². The van der Waals surface area contributed by atoms with E-state index in [9.17, 15) is 4.79 Å². The molecule has 0 aliphatic heterocycles. The summed E-state index contributed by atoms with van der Waals surface area (Å²) >= 11 is 11.6. The van der Waals surface area contributed by atoms with Gasteiger partial charge in [0.15, 0.2) is 5.78 Å². The van der Waals surface area contributed by atoms with Crippen molar-refractivity contribution in [3.05, 3.63) is 34.3 Å². The lowest BCUT2D eigenvalue weighted by molar-refractivity contribution is 0.0980. The molecule has 3 heteroatoms. The van der Waals surface area contributed by atoms with Crippen LogP contribution >= 0.6 is 23.2 Å². The third kappa shape index (κ3) is 3.51. The molecule has 1 aromatic rings. The molecule has 0 aliphatic carbocycles. The molecule has 0 atom stereocenters. The maximum absolute atomic E-state index is 11.8. The zero-order valence-electron chi connectivity index (χ0n) is 8.72. The van der Waals surface area contributed by atoms with Crippen molar-refractivity contribution in [2.24, 2.45) is 0 Å². The number of hydrogen-bond acceptors (Lipinski definition) is 1. The zero-order chi connectivity index (χ0) is 11.3. The third-order valence-electron chi connectivity index (χ3n) is 2.28. The summed E-state index contributed by atoms with van der Waals surface area (Å²) in [5, 5.41) is 0.577. The van der Waals surface area contributed by atoms with Crippen molar-refractivity contribution in [2.45, 2.75) is 26.2 Å². The Morgan fingerprint density at radius 2 is 2.07 bits per heavy atom. The van der Waals surface area contributed by atoms with Gasteiger partial charge in [-0.2, -0.15) is 0 Å². The van der Waals surface area contributed by atoms with Gasteiger partial charge in [-0.25, -0.2) is 0 Å². The topological polar surface area (TPSA) is 17.1 Å². The van der Waals surface area contributed by atoms with E-state index in [0.717, 1.165) is 18.4 Å². The van der Waals surface area contributed by atoms with E-state index in [1.807, 2.05) is 19.1 Å². The molecule has 0 saturated heterocycles. The van der Waals surface area contributed by atoms with Gasteiger partial charge in [0.25, 0.3) is 0 Å². The molecule has 1 rings (SSSR count). The molecular weight excluding hydrogens is 231 g/mol. The fourth-order valence-corrected chi connectivity index (χ4v) is 1.80. The number of ketones is 1. The van der Waals surface area contributed by atoms with Gasteiger partial charge in [-0.15, -0.1) is 11.6 Å². The Morgan fingerprint density at radius 1 is 1.33 bits per heavy atom. The largest absolute Gasteiger partial charge is 0.294 e. The summed E-state index contributed by atoms with van der Waals surface area (Å²) in [6.45, 7) is 1.90. The van der Waals surface area contributed by atoms with Crippen molar-refractivity contribution in [3.8, 4) is 0 Å². The first-order valence-electron chi connectivity index (χ1n) is 5.01. The molecule has 15 heavy (non-hydrogen) atoms. The number of aryl methyl sites for hydroxylation is 1. The standard InChI is InChI=1S/C12H14Cl2O/c1-9-5-4-6-10(12(9)14)11(15)7-2-3-8-13/h4-6H,2-3,7-8H2,1H3. The van der Waals surface area contributed by atoms with E-state index in [0.29, 0.717) is 22.9 Å². The predicted octanol–water partition coefficient (Wildman–Crippen LogP) is 4.24. The van der Waals surface area contributed by atoms with Gasteiger partial charge in [-0.3, -0.25) is 4.79 Å². The predicted molar refractivity (Wildman–Crippen MR) is 65.1 cm³/mol. The van der Waals surface area contributed by atoms with Gasteiger partial charge in [0.05, 0.1) is 5.02 Å². The lowest BCUT2D eigenvalue weighted by Crippen LogP contribution is -2.01. The number of alkyl halides is 1. The molecule has 0 amide bonds. The number of carbonyl (C=O) groups is 1. The van der Waals surface area contributed by atoms with E-state index >= 15 is 0 Å². The first-order chi connectivity index (χ1) is 7.16. The van der Waals surface area contributed by atoms with Crippen LogP contribution in [0.4, 0.5) is 0 Å². The first-order valence-corrected chi connectivity index (χ1v) is 5.92. The van der Waals surface area contributed by atoms with E-state index in [1.165, 1.54) is 0 Å². The second-order valence-corrected chi connectivity index (χ2v) is 4.26. The summed E-state index contributed by atoms with van der Waals surface area (Å²) in [7, 11) is 0. The Morgan fingerprint density at radius 3 is 2.73 bits per heavy atom. The van der Waals surface area contributed by atoms with Gasteiger partial charge >= 0.3 is 0 Å². The smallest absolute Gasteiger partial charge is 0.164 e. The summed E-state index contributed by atoms with van der Waals surface area (Å²) in [6, 6.07) is 5.53. The Hall–Kier alpha value is -0.530. The highest BCUT2D eigenvalue weighted by atomic mass is 35.5. The summed E-state index contributed by atoms with van der Waals surface area (Å²) in [5.74, 6) is 0.711. The normalized spacial score (nSPS) is 10.3. The summed E-state index contributed by atoms with van der Waals surface area (Å²) in [5.41, 5.74) is 1.58. The average Bonchev–Trinajstić information content (AvgIpc) is 2.22. The molecule has 0 heterocycles. The van der Waals surface area contributed by atoms with Gasteiger partial charge in [0, 0.05) is 17.9 Å². The minimum absolute atomic E-state index is 0.105. The van der Waals surface area contributed by atoms with Gasteiger partial charge in [0.2, 0.25) is 0 Å². The minimum atomic E-state index is 0.105. The highest BCUT2D eigenvalue weighted by Crippen LogP contribution is 2.22. The fourth-order valence-electron chi connectivity index (χ4n) is 1.38. The SMILES string of the molecule is Cc1cccc(C(=O)CCCCCl)c1Cl. The maximum Gasteiger partial charge on any atom is 0.164 e. The molecule has 0 unspecified atom stereocenters. The van der Waals surface area contributed by atoms with Gasteiger partial charge in [-0.1, -0.05) is 23.7 Å². The lowest BCUT2D eigenvalue weighted by Gasteiger charge is -2.05. The fraction of sp³-hybridized carbons (Fsp3) is 0.417. The van der Waals surface area contributed by atoms with Crippen molar-refractivity contribution in [1.29, 1.82) is 0 Å². The molecular formula is C12H14Cl2O. The van der Waals surface area contributed by atoms with E-state index in [4.69, 9.17) is 23.2 Å². The molecule has 1 aromatic carbocycles. The summed E-state index contributed by atoms with van der Waals surface area (Å²) < 4.78 is 0. The quantitative estimate of drug-likeness (QED) is 0.430. The lowest BCUT2D eigenvalue weighted by atomic mass is 10.0. The highest BCUT2D eigenvalue weighted by Gasteiger charge is 2.10. The monoisotopic (exact) mass is 244 g/mol. The summed E-state index contributed by atoms with van der Waals surface area (Å²) in [6.07, 6.45) is 2.22. The van der Waals surface area contributed by atoms with Crippen molar-refractivity contribution in [2.75, 3.05) is 5.88 Å². The Balaban J connectivity index is 2.69. The maximum atomic E-state index is 11.8. The van der Waals surface area contributed by atoms with E-state index in [2.05, 4.69) is 0 Å². The number of Topliss-reactive ketones (excluding diaryl/α,β-unsaturated/α-hetero) is 1. The van der Waals surface area contributed by atoms with Crippen LogP contribution in [0.25, 0.3) is 0 Å². The van der Waals surface area contributed by atoms with Crippen LogP contribution in [0.3, 0.4) is 0 Å². The molecule has 0 N–H and O–H groups in total. The van der Waals surface area contributed by atoms with E-state index < -0.39 is 0 Å². The van der Waals surface area contributed by atoms with E-state index in [1.54, 1.807) is 6.07 Å². The number of rotatable bonds is 5. The van der Waals surface area contributed by atoms with Crippen LogP contribution < -0.4 is 0 Å². The molecule has 1 nitrogen and oxygen atoms in total.